The molecular formula is C20H24ClN3O3S. The lowest BCUT2D eigenvalue weighted by atomic mass is 9.52. The van der Waals surface area contributed by atoms with Gasteiger partial charge in [0.25, 0.3) is 0 Å². The number of thiophene rings is 1. The van der Waals surface area contributed by atoms with Crippen LogP contribution in [0.2, 0.25) is 4.34 Å². The van der Waals surface area contributed by atoms with Gasteiger partial charge < -0.3 is 0 Å². The molecule has 28 heavy (non-hydrogen) atoms. The van der Waals surface area contributed by atoms with Gasteiger partial charge in [0.2, 0.25) is 0 Å². The Labute approximate surface area is 173 Å². The predicted molar refractivity (Wildman–Crippen MR) is 106 cm³/mol. The van der Waals surface area contributed by atoms with E-state index < -0.39 is 23.4 Å². The summed E-state index contributed by atoms with van der Waals surface area (Å²) in [5.41, 5.74) is -0.423. The van der Waals surface area contributed by atoms with Crippen LogP contribution in [0, 0.1) is 17.8 Å². The molecule has 5 fully saturated rings. The van der Waals surface area contributed by atoms with Crippen LogP contribution in [0.1, 0.15) is 43.4 Å². The average molecular weight is 422 g/mol. The SMILES string of the molecule is CN(Cc1ccc(Cl)s1)CN1C(=O)C(=O)N(C23CC4CC(CC(C4)C2)C3)C1=O. The largest absolute Gasteiger partial charge is 0.335 e. The molecule has 0 N–H and O–H groups in total. The highest BCUT2D eigenvalue weighted by molar-refractivity contribution is 7.16. The van der Waals surface area contributed by atoms with E-state index in [1.807, 2.05) is 24.1 Å². The maximum atomic E-state index is 13.2. The minimum absolute atomic E-state index is 0.113. The second-order valence-corrected chi connectivity index (χ2v) is 11.0. The van der Waals surface area contributed by atoms with Crippen molar-refractivity contribution < 1.29 is 14.4 Å². The van der Waals surface area contributed by atoms with Gasteiger partial charge in [0.05, 0.1) is 16.5 Å². The maximum Gasteiger partial charge on any atom is 0.335 e. The van der Waals surface area contributed by atoms with E-state index in [1.165, 1.54) is 35.5 Å². The highest BCUT2D eigenvalue weighted by Gasteiger charge is 2.61. The number of halogens is 1. The highest BCUT2D eigenvalue weighted by atomic mass is 35.5. The van der Waals surface area contributed by atoms with Crippen LogP contribution < -0.4 is 0 Å². The molecule has 1 aromatic rings. The second kappa shape index (κ2) is 6.54. The zero-order chi connectivity index (χ0) is 19.6. The van der Waals surface area contributed by atoms with Crippen LogP contribution in [-0.2, 0) is 16.1 Å². The molecule has 1 aromatic heterocycles. The third kappa shape index (κ3) is 2.90. The van der Waals surface area contributed by atoms with Crippen molar-refractivity contribution in [1.29, 1.82) is 0 Å². The first-order valence-electron chi connectivity index (χ1n) is 9.97. The summed E-state index contributed by atoms with van der Waals surface area (Å²) in [6.07, 6.45) is 6.29. The number of amides is 4. The Morgan fingerprint density at radius 2 is 1.68 bits per heavy atom. The summed E-state index contributed by atoms with van der Waals surface area (Å²) in [7, 11) is 1.84. The molecule has 4 aliphatic carbocycles. The van der Waals surface area contributed by atoms with E-state index >= 15 is 0 Å². The van der Waals surface area contributed by atoms with E-state index in [0.717, 1.165) is 29.0 Å². The Morgan fingerprint density at radius 3 is 2.21 bits per heavy atom. The van der Waals surface area contributed by atoms with Gasteiger partial charge in [0.15, 0.2) is 0 Å². The first-order chi connectivity index (χ1) is 13.3. The predicted octanol–water partition coefficient (Wildman–Crippen LogP) is 3.55. The van der Waals surface area contributed by atoms with Crippen molar-refractivity contribution in [2.45, 2.75) is 50.6 Å². The molecule has 4 saturated carbocycles. The van der Waals surface area contributed by atoms with Crippen molar-refractivity contribution in [3.8, 4) is 0 Å². The minimum Gasteiger partial charge on any atom is -0.283 e. The van der Waals surface area contributed by atoms with Crippen molar-refractivity contribution in [3.05, 3.63) is 21.3 Å². The molecule has 0 atom stereocenters. The first-order valence-corrected chi connectivity index (χ1v) is 11.2. The van der Waals surface area contributed by atoms with E-state index in [-0.39, 0.29) is 6.67 Å². The van der Waals surface area contributed by atoms with Crippen molar-refractivity contribution in [1.82, 2.24) is 14.7 Å². The molecule has 6 rings (SSSR count). The van der Waals surface area contributed by atoms with E-state index in [1.54, 1.807) is 0 Å². The Morgan fingerprint density at radius 1 is 1.07 bits per heavy atom. The fourth-order valence-electron chi connectivity index (χ4n) is 6.38. The monoisotopic (exact) mass is 421 g/mol. The summed E-state index contributed by atoms with van der Waals surface area (Å²) in [6.45, 7) is 0.682. The molecule has 4 amide bonds. The Balaban J connectivity index is 1.34. The topological polar surface area (TPSA) is 60.9 Å². The van der Waals surface area contributed by atoms with Gasteiger partial charge in [-0.2, -0.15) is 0 Å². The van der Waals surface area contributed by atoms with E-state index in [4.69, 9.17) is 11.6 Å². The molecule has 4 bridgehead atoms. The van der Waals surface area contributed by atoms with Gasteiger partial charge in [-0.05, 0) is 75.5 Å². The average Bonchev–Trinajstić information content (AvgIpc) is 3.10. The highest BCUT2D eigenvalue weighted by Crippen LogP contribution is 2.58. The summed E-state index contributed by atoms with van der Waals surface area (Å²) in [5, 5.41) is 0. The number of hydrogen-bond donors (Lipinski definition) is 0. The van der Waals surface area contributed by atoms with Crippen LogP contribution in [0.5, 0.6) is 0 Å². The van der Waals surface area contributed by atoms with Gasteiger partial charge >= 0.3 is 17.8 Å². The zero-order valence-corrected chi connectivity index (χ0v) is 17.5. The Bertz CT molecular complexity index is 818. The maximum absolute atomic E-state index is 13.2. The Hall–Kier alpha value is -1.44. The summed E-state index contributed by atoms with van der Waals surface area (Å²) in [5.74, 6) is 0.489. The lowest BCUT2D eigenvalue weighted by Gasteiger charge is -2.58. The molecule has 5 aliphatic rings. The van der Waals surface area contributed by atoms with E-state index in [2.05, 4.69) is 0 Å². The van der Waals surface area contributed by atoms with Crippen molar-refractivity contribution in [3.63, 3.8) is 0 Å². The standard InChI is InChI=1S/C20H24ClN3O3S/c1-22(10-15-2-3-16(21)28-15)11-23-17(25)18(26)24(19(23)27)20-7-12-4-13(8-20)6-14(5-12)9-20/h2-3,12-14H,4-11H2,1H3. The van der Waals surface area contributed by atoms with Gasteiger partial charge in [-0.1, -0.05) is 11.6 Å². The second-order valence-electron chi connectivity index (χ2n) is 9.16. The van der Waals surface area contributed by atoms with Crippen LogP contribution in [0.4, 0.5) is 4.79 Å². The number of carbonyl (C=O) groups is 3. The smallest absolute Gasteiger partial charge is 0.283 e. The van der Waals surface area contributed by atoms with Gasteiger partial charge in [0.1, 0.15) is 0 Å². The minimum atomic E-state index is -0.684. The number of hydrogen-bond acceptors (Lipinski definition) is 5. The third-order valence-electron chi connectivity index (χ3n) is 6.97. The van der Waals surface area contributed by atoms with E-state index in [0.29, 0.717) is 28.6 Å². The van der Waals surface area contributed by atoms with Crippen LogP contribution in [0.3, 0.4) is 0 Å². The van der Waals surface area contributed by atoms with Gasteiger partial charge in [-0.25, -0.2) is 14.6 Å². The molecule has 0 unspecified atom stereocenters. The summed E-state index contributed by atoms with van der Waals surface area (Å²) in [6, 6.07) is 3.34. The normalized spacial score (nSPS) is 34.4. The molecule has 0 spiro atoms. The number of carbonyl (C=O) groups excluding carboxylic acids is 3. The lowest BCUT2D eigenvalue weighted by molar-refractivity contribution is -0.150. The summed E-state index contributed by atoms with van der Waals surface area (Å²) >= 11 is 7.45. The zero-order valence-electron chi connectivity index (χ0n) is 15.9. The fraction of sp³-hybridized carbons (Fsp3) is 0.650. The van der Waals surface area contributed by atoms with Crippen LogP contribution >= 0.6 is 22.9 Å². The first kappa shape index (κ1) is 18.6. The molecule has 0 radical (unpaired) electrons. The molecule has 2 heterocycles. The lowest BCUT2D eigenvalue weighted by Crippen LogP contribution is -2.62. The third-order valence-corrected chi connectivity index (χ3v) is 8.19. The van der Waals surface area contributed by atoms with E-state index in [9.17, 15) is 14.4 Å². The molecule has 1 saturated heterocycles. The molecule has 1 aliphatic heterocycles. The fourth-order valence-corrected chi connectivity index (χ4v) is 7.55. The molecule has 6 nitrogen and oxygen atoms in total. The van der Waals surface area contributed by atoms with Crippen LogP contribution in [0.25, 0.3) is 0 Å². The number of rotatable bonds is 5. The number of imide groups is 2. The number of nitrogens with zero attached hydrogens (tertiary/aromatic N) is 3. The van der Waals surface area contributed by atoms with Crippen molar-refractivity contribution in [2.75, 3.05) is 13.7 Å². The van der Waals surface area contributed by atoms with Crippen LogP contribution in [-0.4, -0.2) is 51.8 Å². The van der Waals surface area contributed by atoms with Gasteiger partial charge in [0, 0.05) is 11.4 Å². The molecule has 8 heteroatoms. The molecule has 150 valence electrons. The summed E-state index contributed by atoms with van der Waals surface area (Å²) in [4.78, 5) is 44.1. The van der Waals surface area contributed by atoms with Crippen molar-refractivity contribution in [2.24, 2.45) is 17.8 Å². The molecule has 0 aromatic carbocycles. The number of urea groups is 1. The van der Waals surface area contributed by atoms with Crippen LogP contribution in [0.15, 0.2) is 12.1 Å². The Kier molecular flexibility index (Phi) is 4.34. The van der Waals surface area contributed by atoms with Crippen molar-refractivity contribution >= 4 is 40.8 Å². The summed E-state index contributed by atoms with van der Waals surface area (Å²) < 4.78 is 0.708. The van der Waals surface area contributed by atoms with Gasteiger partial charge in [-0.15, -0.1) is 11.3 Å². The quantitative estimate of drug-likeness (QED) is 0.538. The molecular weight excluding hydrogens is 398 g/mol. The van der Waals surface area contributed by atoms with Gasteiger partial charge in [-0.3, -0.25) is 14.5 Å².